The average Bonchev–Trinajstić information content (AvgIpc) is 2.95. The third-order valence-corrected chi connectivity index (χ3v) is 3.79. The Labute approximate surface area is 111 Å². The maximum atomic E-state index is 9.93. The van der Waals surface area contributed by atoms with Crippen LogP contribution >= 0.6 is 0 Å². The van der Waals surface area contributed by atoms with Crippen LogP contribution in [0.25, 0.3) is 11.2 Å². The Kier molecular flexibility index (Phi) is 3.08. The van der Waals surface area contributed by atoms with E-state index in [1.807, 2.05) is 4.57 Å². The van der Waals surface area contributed by atoms with Crippen molar-refractivity contribution < 1.29 is 5.11 Å². The Hall–Kier alpha value is -1.73. The number of imidazole rings is 1. The first-order valence-corrected chi connectivity index (χ1v) is 6.50. The minimum Gasteiger partial charge on any atom is -0.391 e. The summed E-state index contributed by atoms with van der Waals surface area (Å²) in [6, 6.07) is 0. The van der Waals surface area contributed by atoms with Crippen LogP contribution in [-0.4, -0.2) is 48.7 Å². The first kappa shape index (κ1) is 12.3. The van der Waals surface area contributed by atoms with E-state index in [0.717, 1.165) is 18.6 Å². The van der Waals surface area contributed by atoms with Crippen LogP contribution in [0, 0.1) is 5.92 Å². The van der Waals surface area contributed by atoms with Gasteiger partial charge in [0.2, 0.25) is 0 Å². The molecule has 0 bridgehead atoms. The van der Waals surface area contributed by atoms with Crippen LogP contribution in [-0.2, 0) is 6.67 Å². The molecule has 7 heteroatoms. The summed E-state index contributed by atoms with van der Waals surface area (Å²) < 4.78 is 1.94. The molecule has 0 aliphatic carbocycles. The highest BCUT2D eigenvalue weighted by Crippen LogP contribution is 2.21. The summed E-state index contributed by atoms with van der Waals surface area (Å²) in [4.78, 5) is 14.6. The van der Waals surface area contributed by atoms with Gasteiger partial charge < -0.3 is 15.4 Å². The summed E-state index contributed by atoms with van der Waals surface area (Å²) >= 11 is 0. The highest BCUT2D eigenvalue weighted by atomic mass is 16.3. The molecule has 1 aliphatic heterocycles. The highest BCUT2D eigenvalue weighted by Gasteiger charge is 2.30. The molecule has 0 unspecified atom stereocenters. The van der Waals surface area contributed by atoms with Gasteiger partial charge in [-0.15, -0.1) is 0 Å². The largest absolute Gasteiger partial charge is 0.391 e. The fourth-order valence-electron chi connectivity index (χ4n) is 2.68. The fraction of sp³-hybridized carbons (Fsp3) is 0.583. The number of hydrogen-bond acceptors (Lipinski definition) is 6. The van der Waals surface area contributed by atoms with Gasteiger partial charge in [0, 0.05) is 13.1 Å². The minimum atomic E-state index is -0.237. The molecule has 0 amide bonds. The predicted octanol–water partition coefficient (Wildman–Crippen LogP) is 0.0687. The Balaban J connectivity index is 1.81. The molecule has 2 atom stereocenters. The van der Waals surface area contributed by atoms with E-state index in [1.165, 1.54) is 6.33 Å². The lowest BCUT2D eigenvalue weighted by atomic mass is 10.0. The van der Waals surface area contributed by atoms with Crippen molar-refractivity contribution in [2.45, 2.75) is 26.1 Å². The van der Waals surface area contributed by atoms with Crippen LogP contribution in [0.4, 0.5) is 5.82 Å². The van der Waals surface area contributed by atoms with Gasteiger partial charge in [-0.2, -0.15) is 0 Å². The fourth-order valence-corrected chi connectivity index (χ4v) is 2.68. The molecule has 3 rings (SSSR count). The molecule has 1 aliphatic rings. The van der Waals surface area contributed by atoms with E-state index in [2.05, 4.69) is 26.8 Å². The predicted molar refractivity (Wildman–Crippen MR) is 71.1 cm³/mol. The van der Waals surface area contributed by atoms with Crippen LogP contribution in [0.1, 0.15) is 13.3 Å². The normalized spacial score (nSPS) is 24.3. The van der Waals surface area contributed by atoms with Crippen molar-refractivity contribution in [2.75, 3.05) is 18.8 Å². The monoisotopic (exact) mass is 262 g/mol. The number of nitrogens with two attached hydrogens (primary N) is 1. The zero-order valence-electron chi connectivity index (χ0n) is 10.9. The van der Waals surface area contributed by atoms with Crippen molar-refractivity contribution in [2.24, 2.45) is 5.92 Å². The van der Waals surface area contributed by atoms with Gasteiger partial charge in [0.1, 0.15) is 11.8 Å². The molecule has 0 spiro atoms. The number of aliphatic hydroxyl groups is 1. The zero-order valence-corrected chi connectivity index (χ0v) is 10.9. The molecule has 0 saturated carbocycles. The molecule has 1 saturated heterocycles. The van der Waals surface area contributed by atoms with Crippen molar-refractivity contribution >= 4 is 17.0 Å². The molecule has 0 radical (unpaired) electrons. The molecule has 3 heterocycles. The van der Waals surface area contributed by atoms with E-state index in [9.17, 15) is 5.11 Å². The van der Waals surface area contributed by atoms with Crippen molar-refractivity contribution in [3.05, 3.63) is 12.7 Å². The summed E-state index contributed by atoms with van der Waals surface area (Å²) in [5.41, 5.74) is 7.13. The second kappa shape index (κ2) is 4.75. The van der Waals surface area contributed by atoms with E-state index in [1.54, 1.807) is 6.33 Å². The molecule has 7 nitrogen and oxygen atoms in total. The third-order valence-electron chi connectivity index (χ3n) is 3.79. The SMILES string of the molecule is CC[C@H]1CN(Cn2cnc3c(N)ncnc32)C[C@@H]1O. The van der Waals surface area contributed by atoms with Gasteiger partial charge in [0.15, 0.2) is 11.5 Å². The number of β-amino-alcohol motifs (C(OH)–C–C–N with tert-alkyl or cyclic N) is 1. The molecule has 1 fully saturated rings. The quantitative estimate of drug-likeness (QED) is 0.813. The first-order chi connectivity index (χ1) is 9.19. The summed E-state index contributed by atoms with van der Waals surface area (Å²) in [6.07, 6.45) is 3.93. The molecule has 2 aromatic rings. The average molecular weight is 262 g/mol. The summed E-state index contributed by atoms with van der Waals surface area (Å²) in [7, 11) is 0. The number of fused-ring (bicyclic) bond motifs is 1. The van der Waals surface area contributed by atoms with Crippen LogP contribution in [0.2, 0.25) is 0 Å². The maximum Gasteiger partial charge on any atom is 0.166 e. The molecule has 3 N–H and O–H groups in total. The number of nitrogens with zero attached hydrogens (tertiary/aromatic N) is 5. The first-order valence-electron chi connectivity index (χ1n) is 6.50. The maximum absolute atomic E-state index is 9.93. The summed E-state index contributed by atoms with van der Waals surface area (Å²) in [5, 5.41) is 9.93. The lowest BCUT2D eigenvalue weighted by Crippen LogP contribution is -2.24. The molecule has 2 aromatic heterocycles. The number of aliphatic hydroxyl groups excluding tert-OH is 1. The number of likely N-dealkylation sites (tertiary alicyclic amines) is 1. The van der Waals surface area contributed by atoms with E-state index >= 15 is 0 Å². The second-order valence-electron chi connectivity index (χ2n) is 5.06. The van der Waals surface area contributed by atoms with Crippen molar-refractivity contribution in [1.29, 1.82) is 0 Å². The van der Waals surface area contributed by atoms with Crippen molar-refractivity contribution in [3.63, 3.8) is 0 Å². The highest BCUT2D eigenvalue weighted by molar-refractivity contribution is 5.80. The molecule has 102 valence electrons. The topological polar surface area (TPSA) is 93.1 Å². The smallest absolute Gasteiger partial charge is 0.166 e. The lowest BCUT2D eigenvalue weighted by Gasteiger charge is -2.16. The molecule has 0 aromatic carbocycles. The van der Waals surface area contributed by atoms with Gasteiger partial charge >= 0.3 is 0 Å². The van der Waals surface area contributed by atoms with Gasteiger partial charge in [-0.25, -0.2) is 15.0 Å². The Morgan fingerprint density at radius 2 is 2.21 bits per heavy atom. The van der Waals surface area contributed by atoms with Gasteiger partial charge in [0.05, 0.1) is 19.1 Å². The van der Waals surface area contributed by atoms with Crippen molar-refractivity contribution in [3.8, 4) is 0 Å². The Bertz CT molecular complexity index is 583. The van der Waals surface area contributed by atoms with Gasteiger partial charge in [-0.3, -0.25) is 4.90 Å². The van der Waals surface area contributed by atoms with Crippen LogP contribution in [0.15, 0.2) is 12.7 Å². The standard InChI is InChI=1S/C12H18N6O/c1-2-8-3-17(4-9(8)19)7-18-6-16-10-11(13)14-5-15-12(10)18/h5-6,8-9,19H,2-4,7H2,1H3,(H2,13,14,15)/t8-,9-/m0/s1. The van der Waals surface area contributed by atoms with Crippen LogP contribution < -0.4 is 5.73 Å². The summed E-state index contributed by atoms with van der Waals surface area (Å²) in [6.45, 7) is 4.37. The van der Waals surface area contributed by atoms with Crippen LogP contribution in [0.5, 0.6) is 0 Å². The number of rotatable bonds is 3. The number of anilines is 1. The van der Waals surface area contributed by atoms with Gasteiger partial charge in [-0.1, -0.05) is 6.92 Å². The van der Waals surface area contributed by atoms with E-state index in [0.29, 0.717) is 30.5 Å². The van der Waals surface area contributed by atoms with Gasteiger partial charge in [0.25, 0.3) is 0 Å². The molecular weight excluding hydrogens is 244 g/mol. The Morgan fingerprint density at radius 3 is 2.95 bits per heavy atom. The molecular formula is C12H18N6O. The van der Waals surface area contributed by atoms with Gasteiger partial charge in [-0.05, 0) is 12.3 Å². The zero-order chi connectivity index (χ0) is 13.4. The van der Waals surface area contributed by atoms with Crippen LogP contribution in [0.3, 0.4) is 0 Å². The number of nitrogen functional groups attached to an aromatic ring is 1. The number of aromatic nitrogens is 4. The van der Waals surface area contributed by atoms with E-state index < -0.39 is 0 Å². The Morgan fingerprint density at radius 1 is 1.37 bits per heavy atom. The molecule has 19 heavy (non-hydrogen) atoms. The second-order valence-corrected chi connectivity index (χ2v) is 5.06. The van der Waals surface area contributed by atoms with E-state index in [4.69, 9.17) is 5.73 Å². The number of hydrogen-bond donors (Lipinski definition) is 2. The summed E-state index contributed by atoms with van der Waals surface area (Å²) in [5.74, 6) is 0.756. The van der Waals surface area contributed by atoms with E-state index in [-0.39, 0.29) is 6.10 Å². The third kappa shape index (κ3) is 2.15. The lowest BCUT2D eigenvalue weighted by molar-refractivity contribution is 0.137. The van der Waals surface area contributed by atoms with Crippen molar-refractivity contribution in [1.82, 2.24) is 24.4 Å². The minimum absolute atomic E-state index is 0.237.